The summed E-state index contributed by atoms with van der Waals surface area (Å²) in [7, 11) is -7.44. The number of unbranched alkanes of at least 4 members (excludes halogenated alkanes) is 1. The maximum atomic E-state index is 12.1. The molecule has 0 bridgehead atoms. The summed E-state index contributed by atoms with van der Waals surface area (Å²) in [6, 6.07) is 0. The molecule has 2 fully saturated rings. The van der Waals surface area contributed by atoms with Crippen molar-refractivity contribution in [2.24, 2.45) is 0 Å². The Kier molecular flexibility index (Phi) is 18.4. The Morgan fingerprint density at radius 2 is 1.17 bits per heavy atom. The van der Waals surface area contributed by atoms with Crippen LogP contribution in [0.3, 0.4) is 0 Å². The Labute approximate surface area is 259 Å². The van der Waals surface area contributed by atoms with Crippen LogP contribution in [-0.4, -0.2) is 66.7 Å². The van der Waals surface area contributed by atoms with E-state index >= 15 is 0 Å². The summed E-state index contributed by atoms with van der Waals surface area (Å²) in [4.78, 5) is 32.0. The summed E-state index contributed by atoms with van der Waals surface area (Å²) in [6.07, 6.45) is 2.27. The maximum Gasteiger partial charge on any atom is 1.00 e. The topological polar surface area (TPSA) is 182 Å². The molecule has 0 aromatic rings. The van der Waals surface area contributed by atoms with Gasteiger partial charge in [-0.25, -0.2) is 35.9 Å². The molecule has 2 saturated carbocycles. The molecule has 0 aromatic carbocycles. The van der Waals surface area contributed by atoms with Crippen molar-refractivity contribution in [3.05, 3.63) is 6.92 Å². The van der Waals surface area contributed by atoms with Gasteiger partial charge in [0, 0.05) is 0 Å². The molecule has 2 aliphatic carbocycles. The third-order valence-electron chi connectivity index (χ3n) is 4.89. The molecule has 0 unspecified atom stereocenters. The minimum atomic E-state index is -3.95. The summed E-state index contributed by atoms with van der Waals surface area (Å²) in [5.74, 6) is 0.167. The number of amides is 2. The van der Waals surface area contributed by atoms with E-state index < -0.39 is 59.0 Å². The molecule has 41 heavy (non-hydrogen) atoms. The average Bonchev–Trinajstić information content (AvgIpc) is 3.56. The number of ether oxygens (including phenoxy) is 2. The molecule has 0 saturated heterocycles. The Morgan fingerprint density at radius 3 is 1.39 bits per heavy atom. The number of hydrogen-bond donors (Lipinski definition) is 3. The Morgan fingerprint density at radius 1 is 0.854 bits per heavy atom. The van der Waals surface area contributed by atoms with Gasteiger partial charge < -0.3 is 26.3 Å². The van der Waals surface area contributed by atoms with Gasteiger partial charge in [-0.15, -0.1) is 0 Å². The van der Waals surface area contributed by atoms with Crippen molar-refractivity contribution in [3.8, 4) is 0 Å². The van der Waals surface area contributed by atoms with Gasteiger partial charge in [-0.1, -0.05) is 13.3 Å². The molecule has 2 amide bonds. The van der Waals surface area contributed by atoms with Crippen LogP contribution in [0.15, 0.2) is 0 Å². The van der Waals surface area contributed by atoms with Crippen molar-refractivity contribution >= 4 is 38.0 Å². The largest absolute Gasteiger partial charge is 1.00 e. The molecule has 0 atom stereocenters. The van der Waals surface area contributed by atoms with Crippen molar-refractivity contribution in [1.29, 1.82) is 0 Å². The van der Waals surface area contributed by atoms with Gasteiger partial charge in [-0.05, 0) is 94.9 Å². The fraction of sp³-hybridized carbons (Fsp3) is 0.846. The third kappa shape index (κ3) is 19.5. The number of carbonyl (C=O) groups excluding carboxylic acids is 3. The van der Waals surface area contributed by atoms with Gasteiger partial charge in [0.1, 0.15) is 21.7 Å². The predicted molar refractivity (Wildman–Crippen MR) is 154 cm³/mol. The third-order valence-corrected chi connectivity index (χ3v) is 9.06. The van der Waals surface area contributed by atoms with Crippen molar-refractivity contribution in [3.63, 3.8) is 0 Å². The van der Waals surface area contributed by atoms with E-state index in [2.05, 4.69) is 13.8 Å². The Balaban J connectivity index is -0.000000556. The van der Waals surface area contributed by atoms with E-state index in [-0.39, 0.29) is 24.6 Å². The number of rotatable bonds is 6. The zero-order chi connectivity index (χ0) is 32.4. The van der Waals surface area contributed by atoms with Crippen LogP contribution in [-0.2, 0) is 34.3 Å². The van der Waals surface area contributed by atoms with Crippen LogP contribution in [0.2, 0.25) is 0 Å². The normalized spacial score (nSPS) is 15.8. The van der Waals surface area contributed by atoms with E-state index in [9.17, 15) is 36.3 Å². The maximum absolute atomic E-state index is 12.1. The quantitative estimate of drug-likeness (QED) is 0.289. The second kappa shape index (κ2) is 17.1. The summed E-state index contributed by atoms with van der Waals surface area (Å²) in [6.45, 7) is 21.6. The molecule has 0 aromatic heterocycles. The molecule has 12 nitrogen and oxygen atoms in total. The van der Waals surface area contributed by atoms with Crippen LogP contribution in [0.5, 0.6) is 0 Å². The molecule has 238 valence electrons. The van der Waals surface area contributed by atoms with Crippen LogP contribution >= 0.6 is 0 Å². The Bertz CT molecular complexity index is 1040. The first kappa shape index (κ1) is 44.1. The van der Waals surface area contributed by atoms with Crippen LogP contribution in [0, 0.1) is 6.92 Å². The number of carbonyl (C=O) groups is 3. The minimum absolute atomic E-state index is 0. The van der Waals surface area contributed by atoms with E-state index in [1.807, 2.05) is 9.44 Å². The fourth-order valence-electron chi connectivity index (χ4n) is 2.71. The first-order chi connectivity index (χ1) is 17.7. The number of hydrogen-bond acceptors (Lipinski definition) is 10. The van der Waals surface area contributed by atoms with E-state index in [0.717, 1.165) is 6.42 Å². The monoisotopic (exact) mass is 622 g/mol. The second-order valence-electron chi connectivity index (χ2n) is 12.3. The first-order valence-corrected chi connectivity index (χ1v) is 16.2. The first-order valence-electron chi connectivity index (χ1n) is 13.1. The molecule has 2 aliphatic rings. The smallest absolute Gasteiger partial charge is 0.443 e. The fourth-order valence-corrected chi connectivity index (χ4v) is 5.66. The molecule has 2 rings (SSSR count). The number of nitrogens with one attached hydrogen (secondary N) is 2. The van der Waals surface area contributed by atoms with E-state index in [1.54, 1.807) is 41.5 Å². The summed E-state index contributed by atoms with van der Waals surface area (Å²) >= 11 is 0. The summed E-state index contributed by atoms with van der Waals surface area (Å²) in [5.41, 5.74) is -2.85. The zero-order valence-electron chi connectivity index (χ0n) is 27.0. The molecule has 15 heteroatoms. The molecule has 3 N–H and O–H groups in total. The van der Waals surface area contributed by atoms with Crippen molar-refractivity contribution < 1.29 is 64.7 Å². The van der Waals surface area contributed by atoms with Gasteiger partial charge in [0.25, 0.3) is 0 Å². The van der Waals surface area contributed by atoms with E-state index in [4.69, 9.17) is 9.47 Å². The predicted octanol–water partition coefficient (Wildman–Crippen LogP) is 1.37. The SMILES string of the molecule is CC(C)(C)OC(=O)NS(=O)(=O)C1(C(C)(C)O)CC1.CC(C)(C)OC(=O)NS(=O)(=O)C1CC1.CC(C)=O.[CH2-]CCC.[Li+]. The minimum Gasteiger partial charge on any atom is -0.443 e. The van der Waals surface area contributed by atoms with Gasteiger partial charge >= 0.3 is 31.0 Å². The van der Waals surface area contributed by atoms with Gasteiger partial charge in [-0.3, -0.25) is 0 Å². The van der Waals surface area contributed by atoms with Crippen LogP contribution in [0.25, 0.3) is 0 Å². The Hall–Kier alpha value is -1.33. The summed E-state index contributed by atoms with van der Waals surface area (Å²) in [5, 5.41) is 9.51. The standard InChI is InChI=1S/C11H21NO5S.C8H15NO4S.C4H9.C3H6O.Li/c1-9(2,3)17-8(13)12-18(15,16)11(6-7-11)10(4,5)14;1-8(2,3)13-7(10)9-14(11,12)6-4-5-6;1-3-4-2;1-3(2)4;/h14H,6-7H2,1-5H3,(H,12,13);6H,4-5H2,1-3H3,(H,9,10);1,3-4H2,2H3;1-2H3;/q;;-1;;+1. The van der Waals surface area contributed by atoms with E-state index in [0.29, 0.717) is 25.7 Å². The van der Waals surface area contributed by atoms with Gasteiger partial charge in [0.05, 0.1) is 10.9 Å². The van der Waals surface area contributed by atoms with Gasteiger partial charge in [0.2, 0.25) is 20.0 Å². The molecular weight excluding hydrogens is 571 g/mol. The van der Waals surface area contributed by atoms with Crippen LogP contribution in [0.1, 0.15) is 115 Å². The molecule has 0 aliphatic heterocycles. The number of Topliss-reactive ketones (excluding diaryl/α,β-unsaturated/α-hetero) is 1. The van der Waals surface area contributed by atoms with Crippen LogP contribution in [0.4, 0.5) is 9.59 Å². The number of sulfonamides is 2. The molecule has 0 radical (unpaired) electrons. The average molecular weight is 623 g/mol. The van der Waals surface area contributed by atoms with Crippen molar-refractivity contribution in [1.82, 2.24) is 9.44 Å². The van der Waals surface area contributed by atoms with Crippen LogP contribution < -0.4 is 28.3 Å². The number of ketones is 1. The second-order valence-corrected chi connectivity index (χ2v) is 16.2. The van der Waals surface area contributed by atoms with Gasteiger partial charge in [-0.2, -0.15) is 6.42 Å². The van der Waals surface area contributed by atoms with Crippen molar-refractivity contribution in [2.45, 2.75) is 141 Å². The molecular formula is C26H51LiN2O10S2. The van der Waals surface area contributed by atoms with E-state index in [1.165, 1.54) is 34.1 Å². The molecule has 0 spiro atoms. The number of aliphatic hydroxyl groups is 1. The summed E-state index contributed by atoms with van der Waals surface area (Å²) < 4.78 is 58.9. The van der Waals surface area contributed by atoms with Gasteiger partial charge in [0.15, 0.2) is 0 Å². The zero-order valence-corrected chi connectivity index (χ0v) is 28.6. The van der Waals surface area contributed by atoms with Crippen molar-refractivity contribution in [2.75, 3.05) is 0 Å². The molecule has 0 heterocycles.